The largest absolute Gasteiger partial charge is 0.393 e. The molecule has 11 heteroatoms. The first-order chi connectivity index (χ1) is 17.8. The lowest BCUT2D eigenvalue weighted by molar-refractivity contribution is 0.00627. The van der Waals surface area contributed by atoms with Gasteiger partial charge in [-0.25, -0.2) is 12.9 Å². The van der Waals surface area contributed by atoms with Crippen LogP contribution >= 0.6 is 0 Å². The van der Waals surface area contributed by atoms with Crippen LogP contribution in [0.5, 0.6) is 0 Å². The Morgan fingerprint density at radius 3 is 2.65 bits per heavy atom. The molecule has 2 unspecified atom stereocenters. The highest BCUT2D eigenvalue weighted by Crippen LogP contribution is 2.36. The molecule has 1 saturated heterocycles. The van der Waals surface area contributed by atoms with E-state index >= 15 is 0 Å². The van der Waals surface area contributed by atoms with Crippen LogP contribution < -0.4 is 5.32 Å². The van der Waals surface area contributed by atoms with E-state index in [1.165, 1.54) is 23.1 Å². The van der Waals surface area contributed by atoms with E-state index in [9.17, 15) is 13.7 Å². The standard InChI is InChI=1S/C26H32FN7O2S/c1-17-9-24(30-21-5-3-20(27)4-6-21)19(13-28)12-23(17)25-16-34(37(36)26-14-29-32(2)31-26)8-7-33(25)15-18-10-22(35)11-18/h3-6,9,12-14,18,22,25,28,30,35H,7-8,10-11,15-16H2,1-2H3. The quantitative estimate of drug-likeness (QED) is 0.390. The number of aromatic nitrogens is 3. The van der Waals surface area contributed by atoms with E-state index in [-0.39, 0.29) is 18.0 Å². The van der Waals surface area contributed by atoms with E-state index in [1.807, 2.05) is 23.4 Å². The fraction of sp³-hybridized carbons (Fsp3) is 0.423. The van der Waals surface area contributed by atoms with Gasteiger partial charge in [0, 0.05) is 62.4 Å². The minimum Gasteiger partial charge on any atom is -0.393 e. The fourth-order valence-electron chi connectivity index (χ4n) is 5.20. The number of aliphatic hydroxyl groups excluding tert-OH is 1. The summed E-state index contributed by atoms with van der Waals surface area (Å²) in [5.41, 5.74) is 4.35. The summed E-state index contributed by atoms with van der Waals surface area (Å²) >= 11 is 0. The van der Waals surface area contributed by atoms with Gasteiger partial charge in [-0.1, -0.05) is 0 Å². The van der Waals surface area contributed by atoms with Crippen molar-refractivity contribution in [3.63, 3.8) is 0 Å². The Labute approximate surface area is 218 Å². The van der Waals surface area contributed by atoms with Crippen LogP contribution in [-0.4, -0.2) is 72.0 Å². The molecule has 9 nitrogen and oxygen atoms in total. The van der Waals surface area contributed by atoms with E-state index in [2.05, 4.69) is 20.4 Å². The topological polar surface area (TPSA) is 110 Å². The molecule has 3 aromatic rings. The average Bonchev–Trinajstić information content (AvgIpc) is 3.31. The smallest absolute Gasteiger partial charge is 0.185 e. The van der Waals surface area contributed by atoms with Crippen LogP contribution in [0, 0.1) is 24.1 Å². The van der Waals surface area contributed by atoms with Crippen molar-refractivity contribution in [2.45, 2.75) is 36.9 Å². The molecule has 2 aromatic carbocycles. The number of hydrogen-bond acceptors (Lipinski definition) is 7. The van der Waals surface area contributed by atoms with Gasteiger partial charge in [-0.05, 0) is 73.2 Å². The number of aliphatic hydroxyl groups is 1. The Bertz CT molecular complexity index is 1290. The van der Waals surface area contributed by atoms with Crippen LogP contribution in [0.25, 0.3) is 0 Å². The Hall–Kier alpha value is -2.99. The van der Waals surface area contributed by atoms with Crippen LogP contribution in [-0.2, 0) is 18.0 Å². The first-order valence-corrected chi connectivity index (χ1v) is 13.5. The molecule has 2 heterocycles. The third-order valence-electron chi connectivity index (χ3n) is 7.23. The molecule has 1 aromatic heterocycles. The Morgan fingerprint density at radius 2 is 2.00 bits per heavy atom. The number of rotatable bonds is 8. The molecule has 5 rings (SSSR count). The van der Waals surface area contributed by atoms with E-state index in [4.69, 9.17) is 5.41 Å². The van der Waals surface area contributed by atoms with Crippen molar-refractivity contribution in [1.29, 1.82) is 5.41 Å². The molecule has 2 fully saturated rings. The molecule has 2 atom stereocenters. The molecule has 1 aliphatic carbocycles. The number of piperazine rings is 1. The highest BCUT2D eigenvalue weighted by molar-refractivity contribution is 7.82. The predicted octanol–water partition coefficient (Wildman–Crippen LogP) is 3.16. The summed E-state index contributed by atoms with van der Waals surface area (Å²) in [7, 11) is 0.280. The zero-order valence-corrected chi connectivity index (χ0v) is 21.8. The minimum absolute atomic E-state index is 0.0364. The zero-order chi connectivity index (χ0) is 26.1. The lowest BCUT2D eigenvalue weighted by atomic mass is 9.81. The Kier molecular flexibility index (Phi) is 7.47. The molecule has 1 saturated carbocycles. The second-order valence-electron chi connectivity index (χ2n) is 9.88. The van der Waals surface area contributed by atoms with Crippen molar-refractivity contribution in [3.05, 3.63) is 65.1 Å². The number of anilines is 2. The summed E-state index contributed by atoms with van der Waals surface area (Å²) in [6.45, 7) is 4.82. The molecular weight excluding hydrogens is 493 g/mol. The zero-order valence-electron chi connectivity index (χ0n) is 21.0. The third kappa shape index (κ3) is 5.64. The Balaban J connectivity index is 1.44. The molecule has 3 N–H and O–H groups in total. The van der Waals surface area contributed by atoms with Crippen LogP contribution in [0.15, 0.2) is 47.6 Å². The van der Waals surface area contributed by atoms with Gasteiger partial charge in [0.1, 0.15) is 16.8 Å². The van der Waals surface area contributed by atoms with Gasteiger partial charge in [0.15, 0.2) is 5.03 Å². The number of halogens is 1. The van der Waals surface area contributed by atoms with Crippen molar-refractivity contribution in [1.82, 2.24) is 24.2 Å². The van der Waals surface area contributed by atoms with Crippen molar-refractivity contribution < 1.29 is 13.7 Å². The van der Waals surface area contributed by atoms with Gasteiger partial charge >= 0.3 is 0 Å². The Morgan fingerprint density at radius 1 is 1.24 bits per heavy atom. The normalized spacial score (nSPS) is 23.4. The van der Waals surface area contributed by atoms with Crippen molar-refractivity contribution in [3.8, 4) is 0 Å². The van der Waals surface area contributed by atoms with Crippen molar-refractivity contribution in [2.24, 2.45) is 13.0 Å². The number of hydrogen-bond donors (Lipinski definition) is 3. The van der Waals surface area contributed by atoms with Crippen molar-refractivity contribution in [2.75, 3.05) is 31.5 Å². The first kappa shape index (κ1) is 25.7. The van der Waals surface area contributed by atoms with E-state index in [0.717, 1.165) is 54.0 Å². The monoisotopic (exact) mass is 525 g/mol. The molecule has 1 aliphatic heterocycles. The van der Waals surface area contributed by atoms with Gasteiger partial charge in [0.05, 0.1) is 12.3 Å². The summed E-state index contributed by atoms with van der Waals surface area (Å²) in [6.07, 6.45) is 4.27. The van der Waals surface area contributed by atoms with Crippen LogP contribution in [0.3, 0.4) is 0 Å². The molecule has 0 bridgehead atoms. The number of nitrogens with one attached hydrogen (secondary N) is 2. The highest BCUT2D eigenvalue weighted by atomic mass is 32.2. The summed E-state index contributed by atoms with van der Waals surface area (Å²) in [5.74, 6) is 0.139. The van der Waals surface area contributed by atoms with Gasteiger partial charge in [-0.2, -0.15) is 9.90 Å². The summed E-state index contributed by atoms with van der Waals surface area (Å²) < 4.78 is 28.6. The van der Waals surface area contributed by atoms with Gasteiger partial charge in [-0.15, -0.1) is 5.10 Å². The number of aryl methyl sites for hydroxylation is 2. The van der Waals surface area contributed by atoms with E-state index < -0.39 is 11.0 Å². The SMILES string of the molecule is Cc1cc(Nc2ccc(F)cc2)c(C=N)cc1C1CN(S(=O)c2cnn(C)n2)CCN1CC1CC(O)C1. The second kappa shape index (κ2) is 10.8. The van der Waals surface area contributed by atoms with E-state index in [0.29, 0.717) is 24.0 Å². The predicted molar refractivity (Wildman–Crippen MR) is 141 cm³/mol. The molecule has 0 amide bonds. The summed E-state index contributed by atoms with van der Waals surface area (Å²) in [5, 5.41) is 29.9. The van der Waals surface area contributed by atoms with Crippen molar-refractivity contribution >= 4 is 28.6 Å². The molecular formula is C26H32FN7O2S. The maximum atomic E-state index is 13.4. The van der Waals surface area contributed by atoms with Crippen LogP contribution in [0.4, 0.5) is 15.8 Å². The minimum atomic E-state index is -1.43. The summed E-state index contributed by atoms with van der Waals surface area (Å²) in [6, 6.07) is 10.1. The fourth-order valence-corrected chi connectivity index (χ4v) is 6.31. The van der Waals surface area contributed by atoms with Gasteiger partial charge in [-0.3, -0.25) is 4.90 Å². The van der Waals surface area contributed by atoms with Gasteiger partial charge < -0.3 is 15.8 Å². The van der Waals surface area contributed by atoms with Gasteiger partial charge in [0.25, 0.3) is 0 Å². The highest BCUT2D eigenvalue weighted by Gasteiger charge is 2.37. The maximum absolute atomic E-state index is 13.4. The van der Waals surface area contributed by atoms with Crippen LogP contribution in [0.1, 0.15) is 35.6 Å². The average molecular weight is 526 g/mol. The lowest BCUT2D eigenvalue weighted by Gasteiger charge is -2.45. The van der Waals surface area contributed by atoms with Gasteiger partial charge in [0.2, 0.25) is 0 Å². The molecule has 0 radical (unpaired) electrons. The van der Waals surface area contributed by atoms with Crippen LogP contribution in [0.2, 0.25) is 0 Å². The first-order valence-electron chi connectivity index (χ1n) is 12.4. The number of benzene rings is 2. The molecule has 0 spiro atoms. The van der Waals surface area contributed by atoms with E-state index in [1.54, 1.807) is 25.4 Å². The number of nitrogens with zero attached hydrogens (tertiary/aromatic N) is 5. The molecule has 196 valence electrons. The third-order valence-corrected chi connectivity index (χ3v) is 8.57. The molecule has 37 heavy (non-hydrogen) atoms. The summed E-state index contributed by atoms with van der Waals surface area (Å²) in [4.78, 5) is 3.83. The lowest BCUT2D eigenvalue weighted by Crippen LogP contribution is -2.51. The molecule has 2 aliphatic rings. The second-order valence-corrected chi connectivity index (χ2v) is 11.3. The maximum Gasteiger partial charge on any atom is 0.185 e.